The molecule has 0 aliphatic carbocycles. The largest absolute Gasteiger partial charge is 0.464 e. The van der Waals surface area contributed by atoms with Crippen molar-refractivity contribution in [3.63, 3.8) is 0 Å². The van der Waals surface area contributed by atoms with Crippen molar-refractivity contribution in [2.24, 2.45) is 4.99 Å². The van der Waals surface area contributed by atoms with Gasteiger partial charge in [-0.15, -0.1) is 0 Å². The molecule has 0 bridgehead atoms. The Morgan fingerprint density at radius 2 is 2.23 bits per heavy atom. The average molecular weight is 313 g/mol. The first-order chi connectivity index (χ1) is 10.8. The van der Waals surface area contributed by atoms with Gasteiger partial charge in [-0.3, -0.25) is 4.98 Å². The van der Waals surface area contributed by atoms with Crippen LogP contribution in [0.25, 0.3) is 0 Å². The number of aliphatic imine (C=N–C) groups is 1. The summed E-state index contributed by atoms with van der Waals surface area (Å²) in [5.41, 5.74) is 1.01. The summed E-state index contributed by atoms with van der Waals surface area (Å²) in [5.74, 6) is 3.05. The molecule has 5 heteroatoms. The van der Waals surface area contributed by atoms with E-state index in [-0.39, 0.29) is 12.1 Å². The second kappa shape index (κ2) is 5.47. The fraction of sp³-hybridized carbons (Fsp3) is 0.412. The molecule has 2 aromatic rings. The predicted molar refractivity (Wildman–Crippen MR) is 89.0 cm³/mol. The Morgan fingerprint density at radius 1 is 1.32 bits per heavy atom. The summed E-state index contributed by atoms with van der Waals surface area (Å²) in [6.45, 7) is 4.23. The zero-order chi connectivity index (χ0) is 15.1. The van der Waals surface area contributed by atoms with Crippen molar-refractivity contribution in [2.75, 3.05) is 5.75 Å². The summed E-state index contributed by atoms with van der Waals surface area (Å²) in [7, 11) is 0. The number of hydrogen-bond acceptors (Lipinski definition) is 5. The van der Waals surface area contributed by atoms with Crippen LogP contribution in [-0.4, -0.2) is 26.8 Å². The highest BCUT2D eigenvalue weighted by atomic mass is 32.2. The van der Waals surface area contributed by atoms with Crippen LogP contribution in [0.1, 0.15) is 42.6 Å². The van der Waals surface area contributed by atoms with Gasteiger partial charge in [0.1, 0.15) is 23.6 Å². The molecule has 0 unspecified atom stereocenters. The van der Waals surface area contributed by atoms with E-state index in [1.165, 1.54) is 0 Å². The van der Waals surface area contributed by atoms with E-state index in [0.29, 0.717) is 6.04 Å². The quantitative estimate of drug-likeness (QED) is 0.860. The number of furan rings is 1. The van der Waals surface area contributed by atoms with Gasteiger partial charge in [-0.05, 0) is 37.6 Å². The lowest BCUT2D eigenvalue weighted by Gasteiger charge is -2.30. The van der Waals surface area contributed by atoms with Crippen LogP contribution in [0.3, 0.4) is 0 Å². The summed E-state index contributed by atoms with van der Waals surface area (Å²) in [4.78, 5) is 12.0. The van der Waals surface area contributed by atoms with E-state index in [4.69, 9.17) is 9.41 Å². The second-order valence-corrected chi connectivity index (χ2v) is 6.77. The molecule has 4 heterocycles. The van der Waals surface area contributed by atoms with Crippen LogP contribution in [0.15, 0.2) is 45.9 Å². The average Bonchev–Trinajstić information content (AvgIpc) is 3.22. The Labute approximate surface area is 134 Å². The van der Waals surface area contributed by atoms with Crippen molar-refractivity contribution in [1.29, 1.82) is 0 Å². The molecule has 2 aromatic heterocycles. The maximum atomic E-state index is 5.97. The fourth-order valence-electron chi connectivity index (χ4n) is 3.27. The Hall–Kier alpha value is -1.75. The van der Waals surface area contributed by atoms with E-state index in [0.717, 1.165) is 34.6 Å². The van der Waals surface area contributed by atoms with Gasteiger partial charge in [0, 0.05) is 18.0 Å². The normalized spacial score (nSPS) is 27.1. The summed E-state index contributed by atoms with van der Waals surface area (Å²) in [6, 6.07) is 10.8. The van der Waals surface area contributed by atoms with Crippen molar-refractivity contribution in [3.8, 4) is 0 Å². The first-order valence-corrected chi connectivity index (χ1v) is 8.72. The maximum absolute atomic E-state index is 5.97. The summed E-state index contributed by atoms with van der Waals surface area (Å²) in [6.07, 6.45) is 2.96. The van der Waals surface area contributed by atoms with E-state index in [9.17, 15) is 0 Å². The van der Waals surface area contributed by atoms with E-state index in [2.05, 4.69) is 28.9 Å². The highest BCUT2D eigenvalue weighted by Gasteiger charge is 2.46. The molecule has 114 valence electrons. The van der Waals surface area contributed by atoms with Gasteiger partial charge in [-0.25, -0.2) is 4.99 Å². The number of hydrogen-bond donors (Lipinski definition) is 0. The third-order valence-corrected chi connectivity index (χ3v) is 5.51. The number of aryl methyl sites for hydroxylation is 1. The Morgan fingerprint density at radius 3 is 2.91 bits per heavy atom. The molecule has 0 radical (unpaired) electrons. The van der Waals surface area contributed by atoms with Crippen LogP contribution in [0.4, 0.5) is 0 Å². The highest BCUT2D eigenvalue weighted by molar-refractivity contribution is 8.14. The van der Waals surface area contributed by atoms with Gasteiger partial charge < -0.3 is 9.32 Å². The summed E-state index contributed by atoms with van der Waals surface area (Å²) >= 11 is 1.86. The van der Waals surface area contributed by atoms with Crippen LogP contribution in [0, 0.1) is 6.92 Å². The van der Waals surface area contributed by atoms with E-state index >= 15 is 0 Å². The molecular weight excluding hydrogens is 294 g/mol. The van der Waals surface area contributed by atoms with Crippen LogP contribution in [-0.2, 0) is 0 Å². The Kier molecular flexibility index (Phi) is 3.45. The third kappa shape index (κ3) is 2.15. The molecule has 0 aromatic carbocycles. The van der Waals surface area contributed by atoms with Crippen molar-refractivity contribution >= 4 is 16.9 Å². The van der Waals surface area contributed by atoms with Crippen LogP contribution in [0.2, 0.25) is 0 Å². The maximum Gasteiger partial charge on any atom is 0.161 e. The first kappa shape index (κ1) is 13.9. The van der Waals surface area contributed by atoms with E-state index < -0.39 is 0 Å². The zero-order valence-corrected chi connectivity index (χ0v) is 13.6. The van der Waals surface area contributed by atoms with Gasteiger partial charge in [0.25, 0.3) is 0 Å². The Balaban J connectivity index is 1.78. The molecule has 0 amide bonds. The monoisotopic (exact) mass is 313 g/mol. The number of rotatable bonds is 3. The molecule has 3 atom stereocenters. The number of fused-ring (bicyclic) bond motifs is 1. The molecule has 0 saturated carbocycles. The van der Waals surface area contributed by atoms with Gasteiger partial charge in [0.15, 0.2) is 5.17 Å². The Bertz CT molecular complexity index is 697. The van der Waals surface area contributed by atoms with Gasteiger partial charge in [-0.1, -0.05) is 24.8 Å². The SMILES string of the molecule is CC[C@@H]1CSC2=N[C@H](c3ccccn3)[C@@H](c3ccc(C)o3)N21. The lowest BCUT2D eigenvalue weighted by Crippen LogP contribution is -2.35. The zero-order valence-electron chi connectivity index (χ0n) is 12.8. The number of aromatic nitrogens is 1. The molecular formula is C17H19N3OS. The van der Waals surface area contributed by atoms with Crippen LogP contribution >= 0.6 is 11.8 Å². The molecule has 0 spiro atoms. The lowest BCUT2D eigenvalue weighted by atomic mass is 10.0. The van der Waals surface area contributed by atoms with Crippen molar-refractivity contribution in [2.45, 2.75) is 38.4 Å². The number of pyridine rings is 1. The first-order valence-electron chi connectivity index (χ1n) is 7.74. The topological polar surface area (TPSA) is 41.6 Å². The minimum atomic E-state index is 0.0172. The predicted octanol–water partition coefficient (Wildman–Crippen LogP) is 3.96. The molecule has 2 aliphatic heterocycles. The molecule has 22 heavy (non-hydrogen) atoms. The summed E-state index contributed by atoms with van der Waals surface area (Å²) < 4.78 is 5.97. The number of amidine groups is 1. The lowest BCUT2D eigenvalue weighted by molar-refractivity contribution is 0.223. The summed E-state index contributed by atoms with van der Waals surface area (Å²) in [5, 5.41) is 1.14. The van der Waals surface area contributed by atoms with Crippen LogP contribution in [0.5, 0.6) is 0 Å². The van der Waals surface area contributed by atoms with Gasteiger partial charge in [-0.2, -0.15) is 0 Å². The number of nitrogens with zero attached hydrogens (tertiary/aromatic N) is 3. The second-order valence-electron chi connectivity index (χ2n) is 5.78. The van der Waals surface area contributed by atoms with Gasteiger partial charge >= 0.3 is 0 Å². The van der Waals surface area contributed by atoms with E-state index in [1.54, 1.807) is 0 Å². The van der Waals surface area contributed by atoms with E-state index in [1.807, 2.05) is 43.1 Å². The van der Waals surface area contributed by atoms with Gasteiger partial charge in [0.2, 0.25) is 0 Å². The fourth-order valence-corrected chi connectivity index (χ4v) is 4.61. The van der Waals surface area contributed by atoms with Crippen LogP contribution < -0.4 is 0 Å². The third-order valence-electron chi connectivity index (χ3n) is 4.38. The van der Waals surface area contributed by atoms with Crippen molar-refractivity contribution in [1.82, 2.24) is 9.88 Å². The molecule has 0 N–H and O–H groups in total. The molecule has 1 saturated heterocycles. The van der Waals surface area contributed by atoms with Gasteiger partial charge in [0.05, 0.1) is 5.69 Å². The molecule has 4 rings (SSSR count). The molecule has 1 fully saturated rings. The van der Waals surface area contributed by atoms with Crippen molar-refractivity contribution in [3.05, 3.63) is 53.7 Å². The standard InChI is InChI=1S/C17H19N3OS/c1-3-12-10-22-17-19-15(13-6-4-5-9-18-13)16(20(12)17)14-8-7-11(2)21-14/h4-9,12,15-16H,3,10H2,1-2H3/t12-,15-,16-/m1/s1. The minimum absolute atomic E-state index is 0.0172. The number of thioether (sulfide) groups is 1. The van der Waals surface area contributed by atoms with Crippen molar-refractivity contribution < 1.29 is 4.42 Å². The molecule has 2 aliphatic rings. The highest BCUT2D eigenvalue weighted by Crippen LogP contribution is 2.48. The smallest absolute Gasteiger partial charge is 0.161 e. The minimum Gasteiger partial charge on any atom is -0.464 e. The molecule has 4 nitrogen and oxygen atoms in total.